The number of hydrogen-bond acceptors (Lipinski definition) is 12. The predicted octanol–water partition coefficient (Wildman–Crippen LogP) is -4.06. The van der Waals surface area contributed by atoms with E-state index in [-0.39, 0.29) is 25.4 Å². The molecule has 0 saturated carbocycles. The summed E-state index contributed by atoms with van der Waals surface area (Å²) in [4.78, 5) is 111. The van der Waals surface area contributed by atoms with Crippen molar-refractivity contribution in [3.8, 4) is 0 Å². The molecule has 19 nitrogen and oxygen atoms in total. The highest BCUT2D eigenvalue weighted by molar-refractivity contribution is 6.38. The van der Waals surface area contributed by atoms with Crippen LogP contribution in [0.1, 0.15) is 60.8 Å². The van der Waals surface area contributed by atoms with Gasteiger partial charge in [0.2, 0.25) is 41.2 Å². The molecule has 0 aromatic carbocycles. The van der Waals surface area contributed by atoms with Crippen LogP contribution in [-0.2, 0) is 47.9 Å². The van der Waals surface area contributed by atoms with E-state index in [0.717, 1.165) is 6.92 Å². The SMILES string of the molecule is C=CCOC(=O)CC[C@H](NC(=O)[C@H](CO)NC(=O)C(=O)[C@H](C)NC(=O)[C@H](C)NC(=O)[C@@H](NC(=O)[C@@H](NC(C)=O)[C@@H](C)CC)[C@@H](C)O)C(N)=O. The van der Waals surface area contributed by atoms with Gasteiger partial charge < -0.3 is 52.6 Å². The van der Waals surface area contributed by atoms with E-state index in [9.17, 15) is 53.4 Å². The summed E-state index contributed by atoms with van der Waals surface area (Å²) in [6.07, 6.45) is -0.161. The van der Waals surface area contributed by atoms with E-state index < -0.39 is 102 Å². The van der Waals surface area contributed by atoms with Crippen molar-refractivity contribution in [1.29, 1.82) is 0 Å². The normalized spacial score (nSPS) is 15.6. The first kappa shape index (κ1) is 44.1. The van der Waals surface area contributed by atoms with Crippen LogP contribution in [0.5, 0.6) is 0 Å². The number of primary amides is 1. The zero-order chi connectivity index (χ0) is 38.0. The van der Waals surface area contributed by atoms with Crippen molar-refractivity contribution in [2.45, 2.75) is 103 Å². The van der Waals surface area contributed by atoms with E-state index in [1.54, 1.807) is 13.8 Å². The van der Waals surface area contributed by atoms with Gasteiger partial charge in [0.1, 0.15) is 36.8 Å². The highest BCUT2D eigenvalue weighted by atomic mass is 16.5. The lowest BCUT2D eigenvalue weighted by molar-refractivity contribution is -0.143. The lowest BCUT2D eigenvalue weighted by Crippen LogP contribution is -2.60. The summed E-state index contributed by atoms with van der Waals surface area (Å²) in [6, 6.07) is -8.51. The summed E-state index contributed by atoms with van der Waals surface area (Å²) in [6.45, 7) is 10.6. The average molecular weight is 700 g/mol. The molecule has 0 rings (SSSR count). The van der Waals surface area contributed by atoms with Crippen molar-refractivity contribution in [2.24, 2.45) is 11.7 Å². The highest BCUT2D eigenvalue weighted by Gasteiger charge is 2.34. The number of hydrogen-bond donors (Lipinski definition) is 9. The van der Waals surface area contributed by atoms with Crippen LogP contribution in [0.2, 0.25) is 0 Å². The molecule has 49 heavy (non-hydrogen) atoms. The van der Waals surface area contributed by atoms with E-state index in [2.05, 4.69) is 33.2 Å². The lowest BCUT2D eigenvalue weighted by atomic mass is 9.97. The van der Waals surface area contributed by atoms with Gasteiger partial charge in [-0.2, -0.15) is 0 Å². The number of carbonyl (C=O) groups excluding carboxylic acids is 9. The number of aliphatic hydroxyl groups excluding tert-OH is 2. The zero-order valence-electron chi connectivity index (χ0n) is 28.5. The minimum Gasteiger partial charge on any atom is -0.461 e. The summed E-state index contributed by atoms with van der Waals surface area (Å²) in [7, 11) is 0. The Labute approximate surface area is 283 Å². The van der Waals surface area contributed by atoms with Gasteiger partial charge in [0.25, 0.3) is 5.91 Å². The Kier molecular flexibility index (Phi) is 19.7. The minimum atomic E-state index is -1.73. The number of carbonyl (C=O) groups is 9. The van der Waals surface area contributed by atoms with Gasteiger partial charge in [0.15, 0.2) is 0 Å². The van der Waals surface area contributed by atoms with Crippen molar-refractivity contribution in [1.82, 2.24) is 31.9 Å². The third-order valence-corrected chi connectivity index (χ3v) is 7.11. The van der Waals surface area contributed by atoms with E-state index in [0.29, 0.717) is 6.42 Å². The van der Waals surface area contributed by atoms with Crippen LogP contribution >= 0.6 is 0 Å². The quantitative estimate of drug-likeness (QED) is 0.0296. The molecule has 0 spiro atoms. The maximum atomic E-state index is 12.9. The molecule has 0 saturated heterocycles. The molecule has 7 amide bonds. The second-order valence-corrected chi connectivity index (χ2v) is 11.3. The van der Waals surface area contributed by atoms with Gasteiger partial charge in [-0.3, -0.25) is 43.2 Å². The van der Waals surface area contributed by atoms with Crippen molar-refractivity contribution in [3.05, 3.63) is 12.7 Å². The van der Waals surface area contributed by atoms with Gasteiger partial charge >= 0.3 is 5.97 Å². The van der Waals surface area contributed by atoms with E-state index in [1.165, 1.54) is 26.8 Å². The third-order valence-electron chi connectivity index (χ3n) is 7.11. The smallest absolute Gasteiger partial charge is 0.306 e. The fourth-order valence-electron chi connectivity index (χ4n) is 4.01. The molecular formula is C30H49N7O12. The Hall–Kier alpha value is -4.91. The predicted molar refractivity (Wildman–Crippen MR) is 171 cm³/mol. The number of esters is 1. The monoisotopic (exact) mass is 699 g/mol. The van der Waals surface area contributed by atoms with Crippen LogP contribution in [0.25, 0.3) is 0 Å². The molecule has 8 atom stereocenters. The minimum absolute atomic E-state index is 0.0737. The van der Waals surface area contributed by atoms with Gasteiger partial charge in [-0.25, -0.2) is 0 Å². The maximum absolute atomic E-state index is 12.9. The van der Waals surface area contributed by atoms with Gasteiger partial charge in [0.05, 0.1) is 18.8 Å². The van der Waals surface area contributed by atoms with E-state index >= 15 is 0 Å². The Morgan fingerprint density at radius 1 is 0.776 bits per heavy atom. The molecular weight excluding hydrogens is 650 g/mol. The van der Waals surface area contributed by atoms with Crippen LogP contribution < -0.4 is 37.6 Å². The first-order valence-corrected chi connectivity index (χ1v) is 15.5. The first-order chi connectivity index (χ1) is 22.8. The van der Waals surface area contributed by atoms with Crippen molar-refractivity contribution in [3.63, 3.8) is 0 Å². The summed E-state index contributed by atoms with van der Waals surface area (Å²) in [5, 5.41) is 33.3. The van der Waals surface area contributed by atoms with E-state index in [4.69, 9.17) is 10.5 Å². The van der Waals surface area contributed by atoms with Crippen LogP contribution in [-0.4, -0.2) is 119 Å². The standard InChI is InChI=1S/C30H49N7O12/c1-8-12-49-21(41)11-10-19(25(31)43)35-27(45)20(13-38)36-30(48)24(42)15(4)32-26(44)16(5)33-29(47)23(17(6)39)37-28(46)22(14(3)9-2)34-18(7)40/h8,14-17,19-20,22-23,38-39H,1,9-13H2,2-7H3,(H2,31,43)(H,32,44)(H,33,47)(H,34,40)(H,35,45)(H,36,48)(H,37,46)/t14-,15-,16-,17+,19-,20-,22-,23-/m0/s1. The highest BCUT2D eigenvalue weighted by Crippen LogP contribution is 2.09. The summed E-state index contributed by atoms with van der Waals surface area (Å²) in [5.74, 6) is -8.93. The lowest BCUT2D eigenvalue weighted by Gasteiger charge is -2.28. The number of ketones is 1. The molecule has 10 N–H and O–H groups in total. The largest absolute Gasteiger partial charge is 0.461 e. The second kappa shape index (κ2) is 21.9. The molecule has 0 bridgehead atoms. The van der Waals surface area contributed by atoms with Gasteiger partial charge in [0, 0.05) is 13.3 Å². The Morgan fingerprint density at radius 2 is 1.35 bits per heavy atom. The first-order valence-electron chi connectivity index (χ1n) is 15.5. The zero-order valence-corrected chi connectivity index (χ0v) is 28.5. The topological polar surface area (TPSA) is 302 Å². The van der Waals surface area contributed by atoms with E-state index in [1.807, 2.05) is 5.32 Å². The van der Waals surface area contributed by atoms with Crippen molar-refractivity contribution < 1.29 is 58.1 Å². The van der Waals surface area contributed by atoms with Crippen LogP contribution in [0, 0.1) is 5.92 Å². The maximum Gasteiger partial charge on any atom is 0.306 e. The van der Waals surface area contributed by atoms with Crippen molar-refractivity contribution in [2.75, 3.05) is 13.2 Å². The molecule has 0 aliphatic carbocycles. The Morgan fingerprint density at radius 3 is 1.84 bits per heavy atom. The number of rotatable bonds is 22. The second-order valence-electron chi connectivity index (χ2n) is 11.3. The molecule has 0 aliphatic heterocycles. The number of amides is 7. The fraction of sp³-hybridized carbons (Fsp3) is 0.633. The summed E-state index contributed by atoms with van der Waals surface area (Å²) >= 11 is 0. The number of ether oxygens (including phenoxy) is 1. The number of aliphatic hydroxyl groups is 2. The van der Waals surface area contributed by atoms with Crippen LogP contribution in [0.3, 0.4) is 0 Å². The molecule has 0 aliphatic rings. The third kappa shape index (κ3) is 15.7. The Bertz CT molecular complexity index is 1240. The summed E-state index contributed by atoms with van der Waals surface area (Å²) in [5.41, 5.74) is 5.26. The number of nitrogens with one attached hydrogen (secondary N) is 6. The Balaban J connectivity index is 5.32. The fourth-order valence-corrected chi connectivity index (χ4v) is 4.01. The molecule has 0 aromatic heterocycles. The molecule has 0 unspecified atom stereocenters. The van der Waals surface area contributed by atoms with Gasteiger partial charge in [-0.15, -0.1) is 0 Å². The molecule has 276 valence electrons. The number of nitrogens with two attached hydrogens (primary N) is 1. The molecule has 0 aromatic rings. The van der Waals surface area contributed by atoms with Crippen LogP contribution in [0.15, 0.2) is 12.7 Å². The molecule has 0 heterocycles. The average Bonchev–Trinajstić information content (AvgIpc) is 3.03. The van der Waals surface area contributed by atoms with Crippen LogP contribution in [0.4, 0.5) is 0 Å². The summed E-state index contributed by atoms with van der Waals surface area (Å²) < 4.78 is 4.78. The van der Waals surface area contributed by atoms with Crippen molar-refractivity contribution >= 4 is 53.1 Å². The number of Topliss-reactive ketones (excluding diaryl/α,β-unsaturated/α-hetero) is 1. The van der Waals surface area contributed by atoms with Gasteiger partial charge in [-0.1, -0.05) is 32.9 Å². The molecule has 0 fully saturated rings. The van der Waals surface area contributed by atoms with Gasteiger partial charge in [-0.05, 0) is 33.1 Å². The molecule has 0 radical (unpaired) electrons. The molecule has 19 heteroatoms.